The number of hydrogen-bond acceptors (Lipinski definition) is 5. The Bertz CT molecular complexity index is 501. The summed E-state index contributed by atoms with van der Waals surface area (Å²) >= 11 is 3.43. The molecule has 0 spiro atoms. The lowest BCUT2D eigenvalue weighted by atomic mass is 10.2. The molecular weight excluding hydrogens is 342 g/mol. The SMILES string of the molecule is Br.Cc1cnc(SCCN(C)C)nc1-c1cccs1. The molecule has 0 atom stereocenters. The number of aromatic nitrogens is 2. The Morgan fingerprint density at radius 2 is 2.16 bits per heavy atom. The van der Waals surface area contributed by atoms with Crippen LogP contribution in [0, 0.1) is 6.92 Å². The first kappa shape index (κ1) is 16.6. The van der Waals surface area contributed by atoms with Crippen molar-refractivity contribution in [1.29, 1.82) is 0 Å². The molecule has 2 heterocycles. The van der Waals surface area contributed by atoms with Gasteiger partial charge in [0.1, 0.15) is 0 Å². The standard InChI is InChI=1S/C13H17N3S2.BrH/c1-10-9-14-13(18-8-6-16(2)3)15-12(10)11-5-4-7-17-11;/h4-5,7,9H,6,8H2,1-3H3;1H. The third-order valence-electron chi connectivity index (χ3n) is 2.47. The molecule has 0 radical (unpaired) electrons. The van der Waals surface area contributed by atoms with Gasteiger partial charge in [0, 0.05) is 18.5 Å². The van der Waals surface area contributed by atoms with E-state index in [0.29, 0.717) is 0 Å². The zero-order chi connectivity index (χ0) is 13.0. The summed E-state index contributed by atoms with van der Waals surface area (Å²) < 4.78 is 0. The fraction of sp³-hybridized carbons (Fsp3) is 0.385. The van der Waals surface area contributed by atoms with Gasteiger partial charge in [-0.25, -0.2) is 9.97 Å². The molecule has 0 bridgehead atoms. The Labute approximate surface area is 133 Å². The van der Waals surface area contributed by atoms with Crippen molar-refractivity contribution in [2.45, 2.75) is 12.1 Å². The minimum atomic E-state index is 0. The molecule has 3 nitrogen and oxygen atoms in total. The zero-order valence-corrected chi connectivity index (χ0v) is 14.6. The highest BCUT2D eigenvalue weighted by Crippen LogP contribution is 2.27. The quantitative estimate of drug-likeness (QED) is 0.600. The Kier molecular flexibility index (Phi) is 6.99. The first-order valence-electron chi connectivity index (χ1n) is 5.82. The van der Waals surface area contributed by atoms with Crippen LogP contribution in [0.3, 0.4) is 0 Å². The molecule has 0 aliphatic rings. The first-order chi connectivity index (χ1) is 8.66. The average molecular weight is 360 g/mol. The zero-order valence-electron chi connectivity index (χ0n) is 11.3. The maximum Gasteiger partial charge on any atom is 0.188 e. The minimum Gasteiger partial charge on any atom is -0.309 e. The number of thioether (sulfide) groups is 1. The van der Waals surface area contributed by atoms with E-state index < -0.39 is 0 Å². The molecule has 6 heteroatoms. The van der Waals surface area contributed by atoms with Crippen LogP contribution in [-0.4, -0.2) is 41.3 Å². The van der Waals surface area contributed by atoms with Crippen molar-refractivity contribution < 1.29 is 0 Å². The predicted molar refractivity (Wildman–Crippen MR) is 89.7 cm³/mol. The third kappa shape index (κ3) is 4.87. The van der Waals surface area contributed by atoms with Crippen molar-refractivity contribution in [3.8, 4) is 10.6 Å². The molecule has 0 amide bonds. The molecule has 2 aromatic rings. The largest absolute Gasteiger partial charge is 0.309 e. The van der Waals surface area contributed by atoms with E-state index in [1.54, 1.807) is 23.1 Å². The Morgan fingerprint density at radius 1 is 1.37 bits per heavy atom. The lowest BCUT2D eigenvalue weighted by Gasteiger charge is -2.09. The summed E-state index contributed by atoms with van der Waals surface area (Å²) in [6.07, 6.45) is 1.92. The molecule has 104 valence electrons. The number of halogens is 1. The van der Waals surface area contributed by atoms with Crippen LogP contribution in [-0.2, 0) is 0 Å². The van der Waals surface area contributed by atoms with Crippen LogP contribution >= 0.6 is 40.1 Å². The third-order valence-corrected chi connectivity index (χ3v) is 4.19. The highest BCUT2D eigenvalue weighted by molar-refractivity contribution is 8.93. The first-order valence-corrected chi connectivity index (χ1v) is 7.68. The lowest BCUT2D eigenvalue weighted by Crippen LogP contribution is -2.14. The van der Waals surface area contributed by atoms with E-state index in [1.807, 2.05) is 6.20 Å². The molecule has 0 fully saturated rings. The van der Waals surface area contributed by atoms with Crippen molar-refractivity contribution in [3.05, 3.63) is 29.3 Å². The second-order valence-corrected chi connectivity index (χ2v) is 6.32. The summed E-state index contributed by atoms with van der Waals surface area (Å²) in [5.41, 5.74) is 2.20. The molecule has 2 aromatic heterocycles. The van der Waals surface area contributed by atoms with Crippen molar-refractivity contribution >= 4 is 40.1 Å². The smallest absolute Gasteiger partial charge is 0.188 e. The van der Waals surface area contributed by atoms with Crippen molar-refractivity contribution in [3.63, 3.8) is 0 Å². The van der Waals surface area contributed by atoms with Gasteiger partial charge in [0.15, 0.2) is 5.16 Å². The average Bonchev–Trinajstić information content (AvgIpc) is 2.84. The van der Waals surface area contributed by atoms with Crippen LogP contribution in [0.4, 0.5) is 0 Å². The van der Waals surface area contributed by atoms with Gasteiger partial charge in [0.05, 0.1) is 10.6 Å². The number of hydrogen-bond donors (Lipinski definition) is 0. The summed E-state index contributed by atoms with van der Waals surface area (Å²) in [4.78, 5) is 12.4. The van der Waals surface area contributed by atoms with Gasteiger partial charge in [-0.05, 0) is 38.0 Å². The van der Waals surface area contributed by atoms with Gasteiger partial charge in [-0.3, -0.25) is 0 Å². The minimum absolute atomic E-state index is 0. The van der Waals surface area contributed by atoms with E-state index in [-0.39, 0.29) is 17.0 Å². The monoisotopic (exact) mass is 359 g/mol. The van der Waals surface area contributed by atoms with Crippen molar-refractivity contribution in [1.82, 2.24) is 14.9 Å². The molecule has 0 saturated heterocycles. The second kappa shape index (κ2) is 7.99. The normalized spacial score (nSPS) is 10.5. The van der Waals surface area contributed by atoms with Crippen LogP contribution in [0.15, 0.2) is 28.9 Å². The molecule has 0 aromatic carbocycles. The van der Waals surface area contributed by atoms with Crippen LogP contribution in [0.1, 0.15) is 5.56 Å². The van der Waals surface area contributed by atoms with Crippen LogP contribution < -0.4 is 0 Å². The summed E-state index contributed by atoms with van der Waals surface area (Å²) in [6.45, 7) is 3.10. The van der Waals surface area contributed by atoms with E-state index in [1.165, 1.54) is 4.88 Å². The number of thiophene rings is 1. The Morgan fingerprint density at radius 3 is 2.79 bits per heavy atom. The van der Waals surface area contributed by atoms with Crippen LogP contribution in [0.25, 0.3) is 10.6 Å². The summed E-state index contributed by atoms with van der Waals surface area (Å²) in [5.74, 6) is 1.01. The molecule has 19 heavy (non-hydrogen) atoms. The fourth-order valence-electron chi connectivity index (χ4n) is 1.48. The van der Waals surface area contributed by atoms with Gasteiger partial charge in [-0.2, -0.15) is 0 Å². The van der Waals surface area contributed by atoms with Gasteiger partial charge in [0.2, 0.25) is 0 Å². The van der Waals surface area contributed by atoms with Crippen molar-refractivity contribution in [2.75, 3.05) is 26.4 Å². The lowest BCUT2D eigenvalue weighted by molar-refractivity contribution is 0.437. The highest BCUT2D eigenvalue weighted by atomic mass is 79.9. The van der Waals surface area contributed by atoms with Crippen molar-refractivity contribution in [2.24, 2.45) is 0 Å². The maximum absolute atomic E-state index is 4.66. The van der Waals surface area contributed by atoms with Gasteiger partial charge in [0.25, 0.3) is 0 Å². The molecule has 0 unspecified atom stereocenters. The summed E-state index contributed by atoms with van der Waals surface area (Å²) in [7, 11) is 4.15. The van der Waals surface area contributed by atoms with E-state index in [2.05, 4.69) is 53.4 Å². The fourth-order valence-corrected chi connectivity index (χ4v) is 3.18. The number of aryl methyl sites for hydroxylation is 1. The van der Waals surface area contributed by atoms with E-state index in [9.17, 15) is 0 Å². The Hall–Kier alpha value is -0.430. The van der Waals surface area contributed by atoms with Gasteiger partial charge in [-0.15, -0.1) is 28.3 Å². The van der Waals surface area contributed by atoms with Gasteiger partial charge in [-0.1, -0.05) is 17.8 Å². The summed E-state index contributed by atoms with van der Waals surface area (Å²) in [5, 5.41) is 2.95. The van der Waals surface area contributed by atoms with Gasteiger partial charge < -0.3 is 4.90 Å². The van der Waals surface area contributed by atoms with E-state index >= 15 is 0 Å². The second-order valence-electron chi connectivity index (χ2n) is 4.31. The molecule has 0 aliphatic heterocycles. The maximum atomic E-state index is 4.66. The summed E-state index contributed by atoms with van der Waals surface area (Å²) in [6, 6.07) is 4.16. The number of rotatable bonds is 5. The highest BCUT2D eigenvalue weighted by Gasteiger charge is 2.07. The molecule has 0 saturated carbocycles. The molecule has 0 N–H and O–H groups in total. The molecular formula is C13H18BrN3S2. The van der Waals surface area contributed by atoms with Crippen LogP contribution in [0.2, 0.25) is 0 Å². The molecule has 0 aliphatic carbocycles. The van der Waals surface area contributed by atoms with Gasteiger partial charge >= 0.3 is 0 Å². The van der Waals surface area contributed by atoms with Crippen LogP contribution in [0.5, 0.6) is 0 Å². The van der Waals surface area contributed by atoms with E-state index in [0.717, 1.165) is 28.7 Å². The topological polar surface area (TPSA) is 29.0 Å². The van der Waals surface area contributed by atoms with E-state index in [4.69, 9.17) is 0 Å². The predicted octanol–water partition coefficient (Wildman–Crippen LogP) is 3.75. The number of nitrogens with zero attached hydrogens (tertiary/aromatic N) is 3. The Balaban J connectivity index is 0.00000180. The molecule has 2 rings (SSSR count).